The van der Waals surface area contributed by atoms with Crippen molar-refractivity contribution in [2.45, 2.75) is 18.9 Å². The van der Waals surface area contributed by atoms with Crippen LogP contribution in [-0.2, 0) is 7.05 Å². The molecule has 4 rings (SSSR count). The molecule has 7 heteroatoms. The Morgan fingerprint density at radius 3 is 2.96 bits per heavy atom. The molecule has 1 aliphatic heterocycles. The first-order valence-electron chi connectivity index (χ1n) is 8.97. The Balaban J connectivity index is 1.56. The molecule has 6 nitrogen and oxygen atoms in total. The van der Waals surface area contributed by atoms with Gasteiger partial charge in [-0.3, -0.25) is 9.58 Å². The largest absolute Gasteiger partial charge is 0.423 e. The zero-order chi connectivity index (χ0) is 18.3. The lowest BCUT2D eigenvalue weighted by Gasteiger charge is -2.40. The highest BCUT2D eigenvalue weighted by Gasteiger charge is 2.32. The Morgan fingerprint density at radius 2 is 2.19 bits per heavy atom. The van der Waals surface area contributed by atoms with E-state index >= 15 is 0 Å². The fourth-order valence-electron chi connectivity index (χ4n) is 4.05. The Bertz CT molecular complexity index is 904. The molecule has 0 amide bonds. The topological polar surface area (TPSA) is 50.3 Å². The van der Waals surface area contributed by atoms with E-state index in [0.717, 1.165) is 19.5 Å². The third-order valence-corrected chi connectivity index (χ3v) is 5.25. The van der Waals surface area contributed by atoms with Crippen LogP contribution < -0.4 is 4.90 Å². The average Bonchev–Trinajstić information content (AvgIpc) is 3.20. The van der Waals surface area contributed by atoms with Crippen molar-refractivity contribution in [1.29, 1.82) is 0 Å². The highest BCUT2D eigenvalue weighted by atomic mass is 19.1. The third kappa shape index (κ3) is 3.19. The van der Waals surface area contributed by atoms with E-state index < -0.39 is 0 Å². The molecule has 1 fully saturated rings. The van der Waals surface area contributed by atoms with Gasteiger partial charge >= 0.3 is 0 Å². The van der Waals surface area contributed by atoms with Gasteiger partial charge in [-0.1, -0.05) is 0 Å². The van der Waals surface area contributed by atoms with Crippen LogP contribution in [0.3, 0.4) is 0 Å². The molecule has 0 spiro atoms. The highest BCUT2D eigenvalue weighted by Crippen LogP contribution is 2.36. The summed E-state index contributed by atoms with van der Waals surface area (Å²) in [6, 6.07) is 5.28. The van der Waals surface area contributed by atoms with Gasteiger partial charge in [-0.25, -0.2) is 4.39 Å². The lowest BCUT2D eigenvalue weighted by molar-refractivity contribution is 0.124. The molecule has 2 atom stereocenters. The van der Waals surface area contributed by atoms with Crippen molar-refractivity contribution >= 4 is 17.1 Å². The molecule has 138 valence electrons. The molecule has 1 aromatic carbocycles. The summed E-state index contributed by atoms with van der Waals surface area (Å²) in [5.41, 5.74) is 2.40. The Kier molecular flexibility index (Phi) is 4.40. The summed E-state index contributed by atoms with van der Waals surface area (Å²) < 4.78 is 21.1. The van der Waals surface area contributed by atoms with Gasteiger partial charge in [0, 0.05) is 44.5 Å². The predicted molar refractivity (Wildman–Crippen MR) is 98.5 cm³/mol. The number of oxazole rings is 1. The molecular weight excluding hydrogens is 333 g/mol. The van der Waals surface area contributed by atoms with Crippen LogP contribution in [0.5, 0.6) is 0 Å². The van der Waals surface area contributed by atoms with E-state index in [1.807, 2.05) is 29.9 Å². The number of halogens is 1. The number of aromatic nitrogens is 3. The van der Waals surface area contributed by atoms with Crippen LogP contribution in [-0.4, -0.2) is 46.8 Å². The number of anilines is 1. The van der Waals surface area contributed by atoms with Gasteiger partial charge in [0.25, 0.3) is 6.01 Å². The van der Waals surface area contributed by atoms with Crippen molar-refractivity contribution in [3.8, 4) is 0 Å². The Morgan fingerprint density at radius 1 is 1.35 bits per heavy atom. The predicted octanol–water partition coefficient (Wildman–Crippen LogP) is 3.22. The minimum atomic E-state index is -0.300. The minimum Gasteiger partial charge on any atom is -0.423 e. The number of nitrogens with zero attached hydrogens (tertiary/aromatic N) is 5. The molecule has 1 saturated heterocycles. The van der Waals surface area contributed by atoms with E-state index in [4.69, 9.17) is 4.42 Å². The maximum Gasteiger partial charge on any atom is 0.298 e. The number of piperidine rings is 1. The normalized spacial score (nSPS) is 21.4. The molecule has 2 aromatic heterocycles. The molecule has 26 heavy (non-hydrogen) atoms. The van der Waals surface area contributed by atoms with Gasteiger partial charge in [-0.15, -0.1) is 0 Å². The smallest absolute Gasteiger partial charge is 0.298 e. The number of rotatable bonds is 4. The van der Waals surface area contributed by atoms with Crippen LogP contribution in [0.2, 0.25) is 0 Å². The van der Waals surface area contributed by atoms with Gasteiger partial charge in [-0.2, -0.15) is 10.1 Å². The van der Waals surface area contributed by atoms with Crippen LogP contribution >= 0.6 is 0 Å². The number of aryl methyl sites for hydroxylation is 1. The van der Waals surface area contributed by atoms with E-state index in [9.17, 15) is 4.39 Å². The summed E-state index contributed by atoms with van der Waals surface area (Å²) in [4.78, 5) is 8.89. The fourth-order valence-corrected chi connectivity index (χ4v) is 4.05. The summed E-state index contributed by atoms with van der Waals surface area (Å²) in [5, 5.41) is 4.35. The summed E-state index contributed by atoms with van der Waals surface area (Å²) in [7, 11) is 6.10. The monoisotopic (exact) mass is 357 g/mol. The number of hydrogen-bond acceptors (Lipinski definition) is 5. The molecule has 3 heterocycles. The highest BCUT2D eigenvalue weighted by molar-refractivity contribution is 5.74. The second-order valence-corrected chi connectivity index (χ2v) is 7.26. The van der Waals surface area contributed by atoms with Gasteiger partial charge in [0.15, 0.2) is 5.58 Å². The van der Waals surface area contributed by atoms with Crippen molar-refractivity contribution < 1.29 is 8.81 Å². The standard InChI is InChI=1S/C19H24FN5O/c1-23-8-4-5-13(18(23)14-10-21-25(3)12-14)11-24(2)19-22-16-9-15(20)6-7-17(16)26-19/h6-7,9-10,12-13,18H,4-5,8,11H2,1-3H3/t13-,18+/m0/s1. The van der Waals surface area contributed by atoms with Crippen molar-refractivity contribution in [2.75, 3.05) is 32.1 Å². The molecule has 0 saturated carbocycles. The first kappa shape index (κ1) is 17.0. The molecule has 0 bridgehead atoms. The average molecular weight is 357 g/mol. The van der Waals surface area contributed by atoms with Crippen molar-refractivity contribution in [3.05, 3.63) is 42.0 Å². The molecule has 0 aliphatic carbocycles. The summed E-state index contributed by atoms with van der Waals surface area (Å²) in [5.74, 6) is 0.139. The molecule has 1 aliphatic rings. The Hall–Kier alpha value is -2.41. The SMILES string of the molecule is CN(C[C@@H]1CCCN(C)[C@H]1c1cnn(C)c1)c1nc2cc(F)ccc2o1. The molecule has 0 radical (unpaired) electrons. The zero-order valence-corrected chi connectivity index (χ0v) is 15.4. The zero-order valence-electron chi connectivity index (χ0n) is 15.4. The van der Waals surface area contributed by atoms with Crippen molar-refractivity contribution in [2.24, 2.45) is 13.0 Å². The van der Waals surface area contributed by atoms with Crippen LogP contribution in [0.1, 0.15) is 24.4 Å². The lowest BCUT2D eigenvalue weighted by atomic mass is 9.86. The maximum atomic E-state index is 13.4. The van der Waals surface area contributed by atoms with Crippen LogP contribution in [0.4, 0.5) is 10.4 Å². The second-order valence-electron chi connectivity index (χ2n) is 7.26. The van der Waals surface area contributed by atoms with Gasteiger partial charge in [0.1, 0.15) is 11.3 Å². The number of benzene rings is 1. The maximum absolute atomic E-state index is 13.4. The quantitative estimate of drug-likeness (QED) is 0.718. The number of fused-ring (bicyclic) bond motifs is 1. The van der Waals surface area contributed by atoms with Crippen molar-refractivity contribution in [1.82, 2.24) is 19.7 Å². The summed E-state index contributed by atoms with van der Waals surface area (Å²) in [6.45, 7) is 1.90. The molecular formula is C19H24FN5O. The van der Waals surface area contributed by atoms with Gasteiger partial charge in [0.2, 0.25) is 0 Å². The van der Waals surface area contributed by atoms with Crippen LogP contribution in [0.15, 0.2) is 35.0 Å². The van der Waals surface area contributed by atoms with E-state index in [2.05, 4.69) is 28.2 Å². The van der Waals surface area contributed by atoms with Gasteiger partial charge < -0.3 is 9.32 Å². The molecule has 0 unspecified atom stereocenters. The summed E-state index contributed by atoms with van der Waals surface area (Å²) >= 11 is 0. The van der Waals surface area contributed by atoms with E-state index in [1.165, 1.54) is 24.1 Å². The lowest BCUT2D eigenvalue weighted by Crippen LogP contribution is -2.41. The second kappa shape index (κ2) is 6.72. The van der Waals surface area contributed by atoms with Gasteiger partial charge in [0.05, 0.1) is 6.20 Å². The van der Waals surface area contributed by atoms with Crippen molar-refractivity contribution in [3.63, 3.8) is 0 Å². The number of likely N-dealkylation sites (tertiary alicyclic amines) is 1. The fraction of sp³-hybridized carbons (Fsp3) is 0.474. The van der Waals surface area contributed by atoms with E-state index in [0.29, 0.717) is 29.1 Å². The van der Waals surface area contributed by atoms with Crippen LogP contribution in [0.25, 0.3) is 11.1 Å². The van der Waals surface area contributed by atoms with E-state index in [1.54, 1.807) is 6.07 Å². The van der Waals surface area contributed by atoms with E-state index in [-0.39, 0.29) is 5.82 Å². The van der Waals surface area contributed by atoms with Crippen LogP contribution in [0, 0.1) is 11.7 Å². The molecule has 0 N–H and O–H groups in total. The first-order chi connectivity index (χ1) is 12.5. The third-order valence-electron chi connectivity index (χ3n) is 5.25. The first-order valence-corrected chi connectivity index (χ1v) is 8.97. The minimum absolute atomic E-state index is 0.300. The summed E-state index contributed by atoms with van der Waals surface area (Å²) in [6.07, 6.45) is 6.37. The Labute approximate surface area is 152 Å². The van der Waals surface area contributed by atoms with Gasteiger partial charge in [-0.05, 0) is 44.5 Å². The number of hydrogen-bond donors (Lipinski definition) is 0. The molecule has 3 aromatic rings.